The Balaban J connectivity index is 1.58. The number of thiazole rings is 1. The number of hydrogen-bond acceptors (Lipinski definition) is 4. The van der Waals surface area contributed by atoms with Gasteiger partial charge in [-0.05, 0) is 30.7 Å². The second kappa shape index (κ2) is 7.07. The first-order valence-electron chi connectivity index (χ1n) is 7.22. The average Bonchev–Trinajstić information content (AvgIpc) is 3.20. The maximum atomic E-state index is 11.8. The summed E-state index contributed by atoms with van der Waals surface area (Å²) in [7, 11) is 0. The first kappa shape index (κ1) is 15.2. The van der Waals surface area contributed by atoms with Gasteiger partial charge in [0.25, 0.3) is 0 Å². The van der Waals surface area contributed by atoms with Gasteiger partial charge in [0.2, 0.25) is 5.91 Å². The average molecular weight is 324 g/mol. The van der Waals surface area contributed by atoms with Crippen LogP contribution in [0.15, 0.2) is 59.4 Å². The predicted molar refractivity (Wildman–Crippen MR) is 92.5 cm³/mol. The molecule has 0 aliphatic heterocycles. The molecule has 0 fully saturated rings. The number of carbonyl (C=O) groups is 1. The Morgan fingerprint density at radius 3 is 2.87 bits per heavy atom. The zero-order valence-corrected chi connectivity index (χ0v) is 13.5. The van der Waals surface area contributed by atoms with Crippen molar-refractivity contribution in [2.24, 2.45) is 0 Å². The van der Waals surface area contributed by atoms with Crippen molar-refractivity contribution in [1.82, 2.24) is 4.98 Å². The maximum Gasteiger partial charge on any atom is 0.250 e. The van der Waals surface area contributed by atoms with Gasteiger partial charge in [-0.2, -0.15) is 0 Å². The van der Waals surface area contributed by atoms with Gasteiger partial charge < -0.3 is 4.42 Å². The zero-order valence-electron chi connectivity index (χ0n) is 12.7. The molecule has 2 aromatic heterocycles. The van der Waals surface area contributed by atoms with Crippen molar-refractivity contribution in [2.45, 2.75) is 13.3 Å². The molecule has 0 aliphatic carbocycles. The fourth-order valence-electron chi connectivity index (χ4n) is 2.05. The third-order valence-electron chi connectivity index (χ3n) is 3.22. The molecule has 2 heterocycles. The molecule has 0 unspecified atom stereocenters. The third-order valence-corrected chi connectivity index (χ3v) is 4.14. The van der Waals surface area contributed by atoms with Gasteiger partial charge in [-0.15, -0.1) is 11.3 Å². The van der Waals surface area contributed by atoms with Crippen LogP contribution in [0, 0.1) is 6.92 Å². The SMILES string of the molecule is Cc1ccc(Cc2cnc(NC(=O)/C=C/c3ccco3)s2)cc1. The molecule has 0 saturated heterocycles. The fraction of sp³-hybridized carbons (Fsp3) is 0.111. The highest BCUT2D eigenvalue weighted by molar-refractivity contribution is 7.15. The van der Waals surface area contributed by atoms with E-state index < -0.39 is 0 Å². The van der Waals surface area contributed by atoms with Crippen LogP contribution in [0.5, 0.6) is 0 Å². The van der Waals surface area contributed by atoms with Crippen LogP contribution >= 0.6 is 11.3 Å². The van der Waals surface area contributed by atoms with Gasteiger partial charge in [-0.25, -0.2) is 4.98 Å². The summed E-state index contributed by atoms with van der Waals surface area (Å²) < 4.78 is 5.13. The largest absolute Gasteiger partial charge is 0.465 e. The number of furan rings is 1. The zero-order chi connectivity index (χ0) is 16.1. The standard InChI is InChI=1S/C18H16N2O2S/c1-13-4-6-14(7-5-13)11-16-12-19-18(23-16)20-17(21)9-8-15-3-2-10-22-15/h2-10,12H,11H2,1H3,(H,19,20,21)/b9-8+. The molecule has 5 heteroatoms. The lowest BCUT2D eigenvalue weighted by molar-refractivity contribution is -0.111. The second-order valence-corrected chi connectivity index (χ2v) is 6.25. The summed E-state index contributed by atoms with van der Waals surface area (Å²) in [6.45, 7) is 2.07. The minimum Gasteiger partial charge on any atom is -0.465 e. The molecule has 23 heavy (non-hydrogen) atoms. The van der Waals surface area contributed by atoms with Gasteiger partial charge in [0.15, 0.2) is 5.13 Å². The number of amides is 1. The Morgan fingerprint density at radius 2 is 2.13 bits per heavy atom. The molecular formula is C18H16N2O2S. The van der Waals surface area contributed by atoms with Crippen LogP contribution in [-0.2, 0) is 11.2 Å². The molecule has 0 saturated carbocycles. The van der Waals surface area contributed by atoms with Crippen LogP contribution in [0.4, 0.5) is 5.13 Å². The number of nitrogens with one attached hydrogen (secondary N) is 1. The fourth-order valence-corrected chi connectivity index (χ4v) is 2.89. The minimum atomic E-state index is -0.224. The van der Waals surface area contributed by atoms with Gasteiger partial charge in [0.05, 0.1) is 6.26 Å². The number of benzene rings is 1. The molecular weight excluding hydrogens is 308 g/mol. The minimum absolute atomic E-state index is 0.224. The lowest BCUT2D eigenvalue weighted by atomic mass is 10.1. The molecule has 116 valence electrons. The summed E-state index contributed by atoms with van der Waals surface area (Å²) >= 11 is 1.48. The number of aromatic nitrogens is 1. The Hall–Kier alpha value is -2.66. The van der Waals surface area contributed by atoms with Gasteiger partial charge in [0, 0.05) is 23.6 Å². The van der Waals surface area contributed by atoms with E-state index in [0.29, 0.717) is 10.9 Å². The Bertz CT molecular complexity index is 802. The quantitative estimate of drug-likeness (QED) is 0.712. The van der Waals surface area contributed by atoms with Crippen molar-refractivity contribution in [3.63, 3.8) is 0 Å². The van der Waals surface area contributed by atoms with E-state index in [4.69, 9.17) is 4.42 Å². The highest BCUT2D eigenvalue weighted by atomic mass is 32.1. The van der Waals surface area contributed by atoms with E-state index in [1.54, 1.807) is 30.7 Å². The van der Waals surface area contributed by atoms with Crippen molar-refractivity contribution in [3.8, 4) is 0 Å². The lowest BCUT2D eigenvalue weighted by Crippen LogP contribution is -2.06. The molecule has 0 aliphatic rings. The van der Waals surface area contributed by atoms with Crippen molar-refractivity contribution >= 4 is 28.5 Å². The molecule has 0 bridgehead atoms. The summed E-state index contributed by atoms with van der Waals surface area (Å²) in [6, 6.07) is 12.0. The van der Waals surface area contributed by atoms with Crippen LogP contribution < -0.4 is 5.32 Å². The van der Waals surface area contributed by atoms with Crippen molar-refractivity contribution in [1.29, 1.82) is 0 Å². The van der Waals surface area contributed by atoms with E-state index in [-0.39, 0.29) is 5.91 Å². The van der Waals surface area contributed by atoms with E-state index >= 15 is 0 Å². The molecule has 1 amide bonds. The van der Waals surface area contributed by atoms with Crippen LogP contribution in [0.3, 0.4) is 0 Å². The molecule has 0 atom stereocenters. The Kier molecular flexibility index (Phi) is 4.68. The van der Waals surface area contributed by atoms with Gasteiger partial charge in [-0.3, -0.25) is 10.1 Å². The van der Waals surface area contributed by atoms with E-state index in [0.717, 1.165) is 11.3 Å². The predicted octanol–water partition coefficient (Wildman–Crippen LogP) is 4.29. The molecule has 1 aromatic carbocycles. The summed E-state index contributed by atoms with van der Waals surface area (Å²) in [6.07, 6.45) is 7.23. The highest BCUT2D eigenvalue weighted by Crippen LogP contribution is 2.21. The molecule has 1 N–H and O–H groups in total. The van der Waals surface area contributed by atoms with Crippen molar-refractivity contribution in [3.05, 3.63) is 76.7 Å². The lowest BCUT2D eigenvalue weighted by Gasteiger charge is -1.99. The maximum absolute atomic E-state index is 11.8. The monoisotopic (exact) mass is 324 g/mol. The number of nitrogens with zero attached hydrogens (tertiary/aromatic N) is 1. The number of hydrogen-bond donors (Lipinski definition) is 1. The van der Waals surface area contributed by atoms with Crippen LogP contribution in [0.25, 0.3) is 6.08 Å². The van der Waals surface area contributed by atoms with E-state index in [1.807, 2.05) is 0 Å². The van der Waals surface area contributed by atoms with Crippen LogP contribution in [0.1, 0.15) is 21.8 Å². The van der Waals surface area contributed by atoms with E-state index in [9.17, 15) is 4.79 Å². The molecule has 0 spiro atoms. The molecule has 0 radical (unpaired) electrons. The number of anilines is 1. The topological polar surface area (TPSA) is 55.1 Å². The first-order chi connectivity index (χ1) is 11.2. The molecule has 3 aromatic rings. The van der Waals surface area contributed by atoms with E-state index in [1.165, 1.54) is 28.5 Å². The Morgan fingerprint density at radius 1 is 1.30 bits per heavy atom. The van der Waals surface area contributed by atoms with Crippen LogP contribution in [0.2, 0.25) is 0 Å². The summed E-state index contributed by atoms with van der Waals surface area (Å²) in [5.74, 6) is 0.414. The first-order valence-corrected chi connectivity index (χ1v) is 8.03. The highest BCUT2D eigenvalue weighted by Gasteiger charge is 2.05. The smallest absolute Gasteiger partial charge is 0.250 e. The summed E-state index contributed by atoms with van der Waals surface area (Å²) in [4.78, 5) is 17.2. The second-order valence-electron chi connectivity index (χ2n) is 5.13. The molecule has 4 nitrogen and oxygen atoms in total. The third kappa shape index (κ3) is 4.40. The summed E-state index contributed by atoms with van der Waals surface area (Å²) in [5.41, 5.74) is 2.48. The van der Waals surface area contributed by atoms with Gasteiger partial charge in [-0.1, -0.05) is 29.8 Å². The number of rotatable bonds is 5. The van der Waals surface area contributed by atoms with Gasteiger partial charge in [0.1, 0.15) is 5.76 Å². The van der Waals surface area contributed by atoms with E-state index in [2.05, 4.69) is 41.5 Å². The summed E-state index contributed by atoms with van der Waals surface area (Å²) in [5, 5.41) is 3.36. The Labute approximate surface area is 138 Å². The van der Waals surface area contributed by atoms with Gasteiger partial charge >= 0.3 is 0 Å². The van der Waals surface area contributed by atoms with Crippen LogP contribution in [-0.4, -0.2) is 10.9 Å². The number of carbonyl (C=O) groups excluding carboxylic acids is 1. The molecule has 3 rings (SSSR count). The van der Waals surface area contributed by atoms with Crippen molar-refractivity contribution < 1.29 is 9.21 Å². The normalized spacial score (nSPS) is 11.0. The number of aryl methyl sites for hydroxylation is 1. The van der Waals surface area contributed by atoms with Crippen molar-refractivity contribution in [2.75, 3.05) is 5.32 Å².